The van der Waals surface area contributed by atoms with Gasteiger partial charge in [-0.2, -0.15) is 11.8 Å². The van der Waals surface area contributed by atoms with Gasteiger partial charge in [-0.3, -0.25) is 9.59 Å². The van der Waals surface area contributed by atoms with Crippen LogP contribution in [0.1, 0.15) is 81.7 Å². The van der Waals surface area contributed by atoms with Gasteiger partial charge < -0.3 is 20.3 Å². The summed E-state index contributed by atoms with van der Waals surface area (Å²) in [4.78, 5) is 42.9. The molecule has 0 saturated carbocycles. The lowest BCUT2D eigenvalue weighted by molar-refractivity contribution is -0.141. The van der Waals surface area contributed by atoms with E-state index in [1.807, 2.05) is 69.5 Å². The number of aryl methyl sites for hydroxylation is 3. The predicted octanol–water partition coefficient (Wildman–Crippen LogP) is 6.96. The summed E-state index contributed by atoms with van der Waals surface area (Å²) in [5.41, 5.74) is 3.62. The topological polar surface area (TPSA) is 87.7 Å². The van der Waals surface area contributed by atoms with Crippen LogP contribution in [0.4, 0.5) is 10.5 Å². The average molecular weight is 570 g/mol. The average Bonchev–Trinajstić information content (AvgIpc) is 2.87. The van der Waals surface area contributed by atoms with Crippen LogP contribution in [-0.2, 0) is 14.3 Å². The molecule has 40 heavy (non-hydrogen) atoms. The second-order valence-electron chi connectivity index (χ2n) is 11.2. The predicted molar refractivity (Wildman–Crippen MR) is 166 cm³/mol. The van der Waals surface area contributed by atoms with Crippen molar-refractivity contribution in [2.75, 3.05) is 23.9 Å². The lowest BCUT2D eigenvalue weighted by Gasteiger charge is -2.35. The maximum absolute atomic E-state index is 14.3. The first-order chi connectivity index (χ1) is 18.9. The molecule has 7 nitrogen and oxygen atoms in total. The highest BCUT2D eigenvalue weighted by Crippen LogP contribution is 2.29. The molecule has 0 saturated heterocycles. The van der Waals surface area contributed by atoms with Crippen molar-refractivity contribution < 1.29 is 19.1 Å². The van der Waals surface area contributed by atoms with Gasteiger partial charge in [0.25, 0.3) is 5.91 Å². The lowest BCUT2D eigenvalue weighted by atomic mass is 9.97. The van der Waals surface area contributed by atoms with Gasteiger partial charge in [0, 0.05) is 12.2 Å². The van der Waals surface area contributed by atoms with Gasteiger partial charge in [-0.1, -0.05) is 62.2 Å². The highest BCUT2D eigenvalue weighted by Gasteiger charge is 2.36. The van der Waals surface area contributed by atoms with Crippen molar-refractivity contribution in [1.29, 1.82) is 0 Å². The number of carbonyl (C=O) groups is 3. The summed E-state index contributed by atoms with van der Waals surface area (Å²) in [6.45, 7) is 13.7. The Bertz CT molecular complexity index is 1120. The van der Waals surface area contributed by atoms with Gasteiger partial charge in [-0.15, -0.1) is 0 Å². The van der Waals surface area contributed by atoms with Gasteiger partial charge in [-0.25, -0.2) is 4.79 Å². The Morgan fingerprint density at radius 1 is 0.950 bits per heavy atom. The van der Waals surface area contributed by atoms with Crippen LogP contribution < -0.4 is 10.6 Å². The van der Waals surface area contributed by atoms with E-state index in [4.69, 9.17) is 4.74 Å². The molecule has 0 fully saturated rings. The van der Waals surface area contributed by atoms with Crippen LogP contribution >= 0.6 is 11.8 Å². The summed E-state index contributed by atoms with van der Waals surface area (Å²) in [7, 11) is 0. The standard InChI is InChI=1S/C32H47N3O4S/c1-9-10-13-20-35(30(37)26(19-21-40-8)33-31(38)39-32(5,6)7)28(25-18-12-11-15-22(25)2)29(36)34-27-23(3)16-14-17-24(27)4/h11-12,14-18,26,28H,9-10,13,19-21H2,1-8H3,(H,33,38)(H,34,36). The smallest absolute Gasteiger partial charge is 0.408 e. The quantitative estimate of drug-likeness (QED) is 0.255. The fourth-order valence-electron chi connectivity index (χ4n) is 4.59. The molecule has 0 aliphatic carbocycles. The third-order valence-corrected chi connectivity index (χ3v) is 7.30. The molecule has 0 spiro atoms. The summed E-state index contributed by atoms with van der Waals surface area (Å²) >= 11 is 1.60. The molecule has 220 valence electrons. The second kappa shape index (κ2) is 15.7. The Hall–Kier alpha value is -3.00. The Morgan fingerprint density at radius 3 is 2.15 bits per heavy atom. The maximum atomic E-state index is 14.3. The zero-order valence-corrected chi connectivity index (χ0v) is 26.2. The monoisotopic (exact) mass is 569 g/mol. The number of nitrogens with zero attached hydrogens (tertiary/aromatic N) is 1. The molecule has 0 aromatic heterocycles. The minimum atomic E-state index is -0.873. The van der Waals surface area contributed by atoms with E-state index in [9.17, 15) is 14.4 Å². The third-order valence-electron chi connectivity index (χ3n) is 6.66. The minimum absolute atomic E-state index is 0.280. The summed E-state index contributed by atoms with van der Waals surface area (Å²) in [5.74, 6) is 0.0943. The van der Waals surface area contributed by atoms with Crippen molar-refractivity contribution in [2.24, 2.45) is 0 Å². The van der Waals surface area contributed by atoms with Crippen LogP contribution in [0.5, 0.6) is 0 Å². The number of amides is 3. The van der Waals surface area contributed by atoms with E-state index in [2.05, 4.69) is 17.6 Å². The summed E-state index contributed by atoms with van der Waals surface area (Å²) < 4.78 is 5.49. The van der Waals surface area contributed by atoms with Gasteiger partial charge in [0.1, 0.15) is 17.7 Å². The SMILES string of the molecule is CCCCCN(C(=O)C(CCSC)NC(=O)OC(C)(C)C)C(C(=O)Nc1c(C)cccc1C)c1ccccc1C. The van der Waals surface area contributed by atoms with E-state index in [1.54, 1.807) is 37.4 Å². The number of benzene rings is 2. The molecule has 3 amide bonds. The van der Waals surface area contributed by atoms with Crippen molar-refractivity contribution in [1.82, 2.24) is 10.2 Å². The zero-order chi connectivity index (χ0) is 29.9. The van der Waals surface area contributed by atoms with Gasteiger partial charge in [0.05, 0.1) is 0 Å². The number of carbonyl (C=O) groups excluding carboxylic acids is 3. The summed E-state index contributed by atoms with van der Waals surface area (Å²) in [5, 5.41) is 5.94. The number of anilines is 1. The lowest BCUT2D eigenvalue weighted by Crippen LogP contribution is -2.53. The van der Waals surface area contributed by atoms with Crippen LogP contribution in [0.2, 0.25) is 0 Å². The van der Waals surface area contributed by atoms with Crippen LogP contribution in [0.25, 0.3) is 0 Å². The maximum Gasteiger partial charge on any atom is 0.408 e. The second-order valence-corrected chi connectivity index (χ2v) is 12.2. The molecule has 2 aromatic rings. The number of alkyl carbamates (subject to hydrolysis) is 1. The van der Waals surface area contributed by atoms with Gasteiger partial charge in [-0.05, 0) is 88.6 Å². The van der Waals surface area contributed by atoms with Gasteiger partial charge >= 0.3 is 6.09 Å². The number of hydrogen-bond acceptors (Lipinski definition) is 5. The number of para-hydroxylation sites is 1. The zero-order valence-electron chi connectivity index (χ0n) is 25.4. The molecule has 0 radical (unpaired) electrons. The Morgan fingerprint density at radius 2 is 1.57 bits per heavy atom. The fraction of sp³-hybridized carbons (Fsp3) is 0.531. The van der Waals surface area contributed by atoms with E-state index < -0.39 is 23.8 Å². The molecule has 0 heterocycles. The van der Waals surface area contributed by atoms with Crippen LogP contribution in [0.15, 0.2) is 42.5 Å². The Kier molecular flexibility index (Phi) is 13.0. The van der Waals surface area contributed by atoms with Crippen LogP contribution in [-0.4, -0.2) is 53.0 Å². The number of ether oxygens (including phenoxy) is 1. The molecule has 2 rings (SSSR count). The van der Waals surface area contributed by atoms with Gasteiger partial charge in [0.15, 0.2) is 0 Å². The first kappa shape index (κ1) is 33.2. The van der Waals surface area contributed by atoms with Crippen molar-refractivity contribution >= 4 is 35.4 Å². The Labute approximate surface area is 244 Å². The van der Waals surface area contributed by atoms with E-state index in [0.717, 1.165) is 47.2 Å². The molecule has 2 atom stereocenters. The number of unbranched alkanes of at least 4 members (excludes halogenated alkanes) is 2. The molecule has 0 aliphatic rings. The highest BCUT2D eigenvalue weighted by atomic mass is 32.2. The number of thioether (sulfide) groups is 1. The third kappa shape index (κ3) is 9.88. The van der Waals surface area contributed by atoms with E-state index >= 15 is 0 Å². The minimum Gasteiger partial charge on any atom is -0.444 e. The van der Waals surface area contributed by atoms with E-state index in [1.165, 1.54) is 0 Å². The first-order valence-electron chi connectivity index (χ1n) is 14.1. The highest BCUT2D eigenvalue weighted by molar-refractivity contribution is 7.98. The molecule has 0 bridgehead atoms. The first-order valence-corrected chi connectivity index (χ1v) is 15.5. The number of nitrogens with one attached hydrogen (secondary N) is 2. The molecule has 8 heteroatoms. The summed E-state index contributed by atoms with van der Waals surface area (Å²) in [6.07, 6.45) is 4.36. The molecular formula is C32H47N3O4S. The Balaban J connectivity index is 2.57. The summed E-state index contributed by atoms with van der Waals surface area (Å²) in [6, 6.07) is 11.8. The number of hydrogen-bond donors (Lipinski definition) is 2. The van der Waals surface area contributed by atoms with Crippen molar-refractivity contribution in [3.8, 4) is 0 Å². The van der Waals surface area contributed by atoms with Crippen molar-refractivity contribution in [3.63, 3.8) is 0 Å². The fourth-order valence-corrected chi connectivity index (χ4v) is 5.06. The van der Waals surface area contributed by atoms with Crippen molar-refractivity contribution in [3.05, 3.63) is 64.7 Å². The normalized spacial score (nSPS) is 12.8. The molecule has 0 aliphatic heterocycles. The van der Waals surface area contributed by atoms with Crippen LogP contribution in [0, 0.1) is 20.8 Å². The molecule has 2 N–H and O–H groups in total. The van der Waals surface area contributed by atoms with Gasteiger partial charge in [0.2, 0.25) is 5.91 Å². The van der Waals surface area contributed by atoms with E-state index in [-0.39, 0.29) is 11.8 Å². The molecular weight excluding hydrogens is 522 g/mol. The van der Waals surface area contributed by atoms with Crippen molar-refractivity contribution in [2.45, 2.75) is 91.8 Å². The molecule has 2 aromatic carbocycles. The molecule has 2 unspecified atom stereocenters. The largest absolute Gasteiger partial charge is 0.444 e. The number of rotatable bonds is 13. The van der Waals surface area contributed by atoms with E-state index in [0.29, 0.717) is 18.7 Å². The van der Waals surface area contributed by atoms with Crippen LogP contribution in [0.3, 0.4) is 0 Å².